The van der Waals surface area contributed by atoms with Crippen LogP contribution in [-0.4, -0.2) is 49.3 Å². The fraction of sp³-hybridized carbons (Fsp3) is 0. The van der Waals surface area contributed by atoms with Crippen molar-refractivity contribution in [3.63, 3.8) is 0 Å². The number of hydrogen-bond donors (Lipinski definition) is 0. The van der Waals surface area contributed by atoms with Gasteiger partial charge in [0.05, 0.1) is 0 Å². The van der Waals surface area contributed by atoms with E-state index in [-0.39, 0.29) is 93.4 Å². The molecule has 0 heterocycles. The summed E-state index contributed by atoms with van der Waals surface area (Å²) >= 11 is 0. The van der Waals surface area contributed by atoms with Crippen LogP contribution in [-0.2, 0) is 44.1 Å². The quantitative estimate of drug-likeness (QED) is 0.464. The molecule has 9 nitrogen and oxygen atoms in total. The molecule has 11 heavy (non-hydrogen) atoms. The minimum absolute atomic E-state index is 0. The summed E-state index contributed by atoms with van der Waals surface area (Å²) in [5, 5.41) is 0. The Hall–Kier alpha value is 1.09. The average molecular weight is 294 g/mol. The van der Waals surface area contributed by atoms with E-state index in [4.69, 9.17) is 0 Å². The molecular formula is H9NbO9Ti. The Kier molecular flexibility index (Phi) is 107000. The van der Waals surface area contributed by atoms with Gasteiger partial charge in [-0.2, -0.15) is 0 Å². The van der Waals surface area contributed by atoms with E-state index < -0.39 is 0 Å². The van der Waals surface area contributed by atoms with Crippen LogP contribution in [0, 0.1) is 0 Å². The van der Waals surface area contributed by atoms with Crippen LogP contribution >= 0.6 is 0 Å². The molecule has 0 aromatic heterocycles. The first kappa shape index (κ1) is 1240. The number of rotatable bonds is 0. The van der Waals surface area contributed by atoms with Gasteiger partial charge >= 0.3 is 44.1 Å². The summed E-state index contributed by atoms with van der Waals surface area (Å²) in [6.45, 7) is 0. The SMILES string of the molecule is [Nb+5].[OH-].[OH-].[OH-].[OH-].[OH-].[OH-].[OH-].[OH-].[OH-].[Ti+4]. The molecule has 0 saturated carbocycles. The van der Waals surface area contributed by atoms with Crippen molar-refractivity contribution in [2.75, 3.05) is 0 Å². The Morgan fingerprint density at radius 2 is 0.273 bits per heavy atom. The van der Waals surface area contributed by atoms with Crippen LogP contribution in [0.2, 0.25) is 0 Å². The summed E-state index contributed by atoms with van der Waals surface area (Å²) in [5.41, 5.74) is 0. The average Bonchev–Trinajstić information content (AvgIpc) is 0. The van der Waals surface area contributed by atoms with Crippen LogP contribution in [0.4, 0.5) is 0 Å². The van der Waals surface area contributed by atoms with E-state index in [2.05, 4.69) is 0 Å². The molecule has 0 spiro atoms. The van der Waals surface area contributed by atoms with Gasteiger partial charge in [-0.25, -0.2) is 0 Å². The molecule has 72 valence electrons. The largest absolute Gasteiger partial charge is 5.00 e. The predicted octanol–water partition coefficient (Wildman–Crippen LogP) is -1.60. The zero-order valence-corrected chi connectivity index (χ0v) is 8.73. The third kappa shape index (κ3) is 766. The van der Waals surface area contributed by atoms with E-state index in [9.17, 15) is 0 Å². The molecule has 0 aliphatic rings. The Labute approximate surface area is 93.3 Å². The van der Waals surface area contributed by atoms with Crippen molar-refractivity contribution in [1.82, 2.24) is 0 Å². The minimum Gasteiger partial charge on any atom is -0.870 e. The summed E-state index contributed by atoms with van der Waals surface area (Å²) < 4.78 is 0. The second-order valence-electron chi connectivity index (χ2n) is 0. The predicted molar refractivity (Wildman–Crippen MR) is 17.4 cm³/mol. The van der Waals surface area contributed by atoms with Gasteiger partial charge in [-0.3, -0.25) is 0 Å². The van der Waals surface area contributed by atoms with Crippen LogP contribution in [0.5, 0.6) is 0 Å². The first-order valence-corrected chi connectivity index (χ1v) is 0. The Bertz CT molecular complexity index is 9.52. The van der Waals surface area contributed by atoms with E-state index >= 15 is 0 Å². The summed E-state index contributed by atoms with van der Waals surface area (Å²) in [4.78, 5) is 0. The molecule has 0 aliphatic carbocycles. The molecule has 0 amide bonds. The van der Waals surface area contributed by atoms with Gasteiger partial charge < -0.3 is 49.3 Å². The van der Waals surface area contributed by atoms with Gasteiger partial charge in [0.15, 0.2) is 0 Å². The summed E-state index contributed by atoms with van der Waals surface area (Å²) in [7, 11) is 0. The minimum atomic E-state index is 0. The molecule has 0 aliphatic heterocycles. The van der Waals surface area contributed by atoms with E-state index in [1.807, 2.05) is 0 Å². The van der Waals surface area contributed by atoms with Crippen LogP contribution in [0.3, 0.4) is 0 Å². The normalized spacial score (nSPS) is 0. The van der Waals surface area contributed by atoms with Crippen LogP contribution in [0.1, 0.15) is 0 Å². The molecule has 0 bridgehead atoms. The molecule has 0 unspecified atom stereocenters. The van der Waals surface area contributed by atoms with Gasteiger partial charge in [0.2, 0.25) is 0 Å². The Morgan fingerprint density at radius 3 is 0.273 bits per heavy atom. The van der Waals surface area contributed by atoms with Crippen LogP contribution in [0.15, 0.2) is 0 Å². The summed E-state index contributed by atoms with van der Waals surface area (Å²) in [6.07, 6.45) is 0. The van der Waals surface area contributed by atoms with Gasteiger partial charge in [-0.1, -0.05) is 0 Å². The van der Waals surface area contributed by atoms with E-state index in [1.54, 1.807) is 0 Å². The Balaban J connectivity index is 0. The maximum Gasteiger partial charge on any atom is 5.00 e. The smallest absolute Gasteiger partial charge is 0.870 e. The van der Waals surface area contributed by atoms with E-state index in [1.165, 1.54) is 0 Å². The van der Waals surface area contributed by atoms with Crippen molar-refractivity contribution in [3.8, 4) is 0 Å². The van der Waals surface area contributed by atoms with Crippen LogP contribution < -0.4 is 0 Å². The molecule has 11 heteroatoms. The third-order valence-corrected chi connectivity index (χ3v) is 0. The maximum absolute atomic E-state index is 0. The molecular weight excluding hydrogens is 285 g/mol. The van der Waals surface area contributed by atoms with Gasteiger partial charge in [0.25, 0.3) is 0 Å². The molecule has 0 rings (SSSR count). The fourth-order valence-corrected chi connectivity index (χ4v) is 0. The van der Waals surface area contributed by atoms with Gasteiger partial charge in [-0.15, -0.1) is 0 Å². The molecule has 0 aromatic carbocycles. The molecule has 9 N–H and O–H groups in total. The van der Waals surface area contributed by atoms with Crippen molar-refractivity contribution in [1.29, 1.82) is 0 Å². The second-order valence-corrected chi connectivity index (χ2v) is 0. The topological polar surface area (TPSA) is 270 Å². The molecule has 0 radical (unpaired) electrons. The molecule has 0 atom stereocenters. The van der Waals surface area contributed by atoms with Gasteiger partial charge in [0, 0.05) is 0 Å². The fourth-order valence-electron chi connectivity index (χ4n) is 0. The van der Waals surface area contributed by atoms with Crippen molar-refractivity contribution in [3.05, 3.63) is 0 Å². The molecule has 0 aromatic rings. The van der Waals surface area contributed by atoms with Crippen LogP contribution in [0.25, 0.3) is 0 Å². The van der Waals surface area contributed by atoms with Gasteiger partial charge in [0.1, 0.15) is 0 Å². The molecule has 0 saturated heterocycles. The number of hydrogen-bond acceptors (Lipinski definition) is 9. The monoisotopic (exact) mass is 294 g/mol. The summed E-state index contributed by atoms with van der Waals surface area (Å²) in [5.74, 6) is 0. The van der Waals surface area contributed by atoms with E-state index in [0.29, 0.717) is 0 Å². The first-order chi connectivity index (χ1) is 0. The van der Waals surface area contributed by atoms with Crippen molar-refractivity contribution in [2.45, 2.75) is 0 Å². The second kappa shape index (κ2) is 944. The first-order valence-electron chi connectivity index (χ1n) is 0. The zero-order chi connectivity index (χ0) is 0. The van der Waals surface area contributed by atoms with Crippen molar-refractivity contribution < 1.29 is 93.4 Å². The van der Waals surface area contributed by atoms with Gasteiger partial charge in [-0.05, 0) is 0 Å². The summed E-state index contributed by atoms with van der Waals surface area (Å²) in [6, 6.07) is 0. The molecule has 0 fully saturated rings. The standard InChI is InChI=1S/Nb.9H2O.Ti/h;9*1H2;/q+5;;;;;;;;;;+4/p-9. The zero-order valence-electron chi connectivity index (χ0n) is 4.97. The maximum atomic E-state index is 0. The van der Waals surface area contributed by atoms with Crippen molar-refractivity contribution in [2.24, 2.45) is 0 Å². The third-order valence-electron chi connectivity index (χ3n) is 0. The Morgan fingerprint density at radius 1 is 0.273 bits per heavy atom. The van der Waals surface area contributed by atoms with Crippen molar-refractivity contribution >= 4 is 0 Å². The van der Waals surface area contributed by atoms with E-state index in [0.717, 1.165) is 0 Å².